The maximum absolute atomic E-state index is 13.3. The van der Waals surface area contributed by atoms with Crippen molar-refractivity contribution < 1.29 is 23.1 Å². The van der Waals surface area contributed by atoms with Gasteiger partial charge in [-0.2, -0.15) is 18.3 Å². The van der Waals surface area contributed by atoms with E-state index in [9.17, 15) is 22.8 Å². The first kappa shape index (κ1) is 17.5. The van der Waals surface area contributed by atoms with Gasteiger partial charge in [-0.15, -0.1) is 0 Å². The van der Waals surface area contributed by atoms with E-state index in [0.717, 1.165) is 16.7 Å². The molecule has 8 nitrogen and oxygen atoms in total. The van der Waals surface area contributed by atoms with Gasteiger partial charge in [-0.25, -0.2) is 14.3 Å². The molecule has 0 saturated heterocycles. The highest BCUT2D eigenvalue weighted by molar-refractivity contribution is 5.82. The average molecular weight is 367 g/mol. The van der Waals surface area contributed by atoms with Gasteiger partial charge < -0.3 is 10.4 Å². The third-order valence-electron chi connectivity index (χ3n) is 3.68. The normalized spacial score (nSPS) is 12.9. The lowest BCUT2D eigenvalue weighted by Gasteiger charge is -2.18. The van der Waals surface area contributed by atoms with Crippen molar-refractivity contribution in [2.75, 3.05) is 0 Å². The van der Waals surface area contributed by atoms with Crippen LogP contribution >= 0.6 is 0 Å². The zero-order chi connectivity index (χ0) is 19.1. The van der Waals surface area contributed by atoms with Crippen LogP contribution in [-0.4, -0.2) is 30.9 Å². The summed E-state index contributed by atoms with van der Waals surface area (Å²) in [5, 5.41) is 16.6. The van der Waals surface area contributed by atoms with Gasteiger partial charge in [0.15, 0.2) is 0 Å². The van der Waals surface area contributed by atoms with E-state index in [1.54, 1.807) is 0 Å². The van der Waals surface area contributed by atoms with Gasteiger partial charge in [0.05, 0.1) is 28.7 Å². The molecule has 136 valence electrons. The van der Waals surface area contributed by atoms with Crippen molar-refractivity contribution in [1.82, 2.24) is 25.1 Å². The molecule has 0 fully saturated rings. The van der Waals surface area contributed by atoms with Crippen LogP contribution in [0.4, 0.5) is 18.0 Å². The van der Waals surface area contributed by atoms with Crippen LogP contribution in [0.1, 0.15) is 24.4 Å². The minimum absolute atomic E-state index is 0.0652. The molecule has 0 bridgehead atoms. The molecule has 0 aliphatic heterocycles. The van der Waals surface area contributed by atoms with E-state index in [2.05, 4.69) is 20.5 Å². The summed E-state index contributed by atoms with van der Waals surface area (Å²) in [7, 11) is 0. The molecular formula is C15H12F3N5O3. The maximum Gasteiger partial charge on any atom is 0.417 e. The molecule has 1 aromatic carbocycles. The van der Waals surface area contributed by atoms with Crippen LogP contribution in [0.3, 0.4) is 0 Å². The molecule has 1 amide bonds. The Hall–Kier alpha value is -3.37. The van der Waals surface area contributed by atoms with Crippen molar-refractivity contribution in [3.05, 3.63) is 52.2 Å². The lowest BCUT2D eigenvalue weighted by Crippen LogP contribution is -2.33. The van der Waals surface area contributed by atoms with E-state index < -0.39 is 34.8 Å². The average Bonchev–Trinajstić information content (AvgIpc) is 3.06. The van der Waals surface area contributed by atoms with Gasteiger partial charge in [-0.3, -0.25) is 9.89 Å². The Labute approximate surface area is 143 Å². The van der Waals surface area contributed by atoms with Crippen molar-refractivity contribution in [3.63, 3.8) is 0 Å². The van der Waals surface area contributed by atoms with Gasteiger partial charge in [0.1, 0.15) is 11.6 Å². The van der Waals surface area contributed by atoms with E-state index in [0.29, 0.717) is 0 Å². The Morgan fingerprint density at radius 1 is 1.35 bits per heavy atom. The molecule has 0 aliphatic carbocycles. The lowest BCUT2D eigenvalue weighted by molar-refractivity contribution is -0.136. The highest BCUT2D eigenvalue weighted by atomic mass is 19.4. The summed E-state index contributed by atoms with van der Waals surface area (Å²) in [6, 6.07) is 3.59. The molecule has 3 N–H and O–H groups in total. The van der Waals surface area contributed by atoms with E-state index in [1.807, 2.05) is 0 Å². The molecule has 3 aromatic rings. The summed E-state index contributed by atoms with van der Waals surface area (Å²) in [5.74, 6) is -0.0103. The lowest BCUT2D eigenvalue weighted by atomic mass is 10.1. The molecule has 1 atom stereocenters. The molecule has 0 radical (unpaired) electrons. The standard InChI is InChI=1S/C15H12F3N5O3/c1-7(20-14(25)26)12-21-9-4-2-3-8(15(16,17)18)11(9)13(24)23(12)10-5-6-19-22-10/h2-7,20H,1H3,(H,19,22)(H,25,26). The monoisotopic (exact) mass is 367 g/mol. The number of amides is 1. The third-order valence-corrected chi connectivity index (χ3v) is 3.68. The van der Waals surface area contributed by atoms with Crippen LogP contribution in [0.25, 0.3) is 16.7 Å². The van der Waals surface area contributed by atoms with Gasteiger partial charge in [0, 0.05) is 6.07 Å². The fourth-order valence-corrected chi connectivity index (χ4v) is 2.63. The summed E-state index contributed by atoms with van der Waals surface area (Å²) in [5.41, 5.74) is -2.29. The number of aromatic nitrogens is 4. The first-order valence-electron chi connectivity index (χ1n) is 7.32. The predicted molar refractivity (Wildman–Crippen MR) is 84.1 cm³/mol. The van der Waals surface area contributed by atoms with E-state index >= 15 is 0 Å². The molecule has 0 spiro atoms. The number of hydrogen-bond donors (Lipinski definition) is 3. The molecule has 0 saturated carbocycles. The highest BCUT2D eigenvalue weighted by Gasteiger charge is 2.35. The Morgan fingerprint density at radius 2 is 2.08 bits per heavy atom. The predicted octanol–water partition coefficient (Wildman–Crippen LogP) is 2.46. The van der Waals surface area contributed by atoms with Crippen LogP contribution in [0, 0.1) is 0 Å². The molecule has 2 heterocycles. The van der Waals surface area contributed by atoms with Gasteiger partial charge in [0.25, 0.3) is 5.56 Å². The summed E-state index contributed by atoms with van der Waals surface area (Å²) in [6.07, 6.45) is -4.81. The van der Waals surface area contributed by atoms with Gasteiger partial charge in [0.2, 0.25) is 0 Å². The topological polar surface area (TPSA) is 113 Å². The van der Waals surface area contributed by atoms with Crippen LogP contribution in [-0.2, 0) is 6.18 Å². The van der Waals surface area contributed by atoms with Crippen LogP contribution < -0.4 is 10.9 Å². The second-order valence-corrected chi connectivity index (χ2v) is 5.42. The van der Waals surface area contributed by atoms with Gasteiger partial charge in [-0.05, 0) is 19.1 Å². The number of aromatic amines is 1. The SMILES string of the molecule is CC(NC(=O)O)c1nc2cccc(C(F)(F)F)c2c(=O)n1-c1ccn[nH]1. The largest absolute Gasteiger partial charge is 0.465 e. The molecule has 1 unspecified atom stereocenters. The summed E-state index contributed by atoms with van der Waals surface area (Å²) in [4.78, 5) is 27.9. The van der Waals surface area contributed by atoms with Crippen LogP contribution in [0.5, 0.6) is 0 Å². The molecule has 2 aromatic heterocycles. The van der Waals surface area contributed by atoms with Crippen molar-refractivity contribution in [2.45, 2.75) is 19.1 Å². The number of halogens is 3. The number of H-pyrrole nitrogens is 1. The number of nitrogens with one attached hydrogen (secondary N) is 2. The van der Waals surface area contributed by atoms with Crippen LogP contribution in [0.2, 0.25) is 0 Å². The van der Waals surface area contributed by atoms with Crippen molar-refractivity contribution >= 4 is 17.0 Å². The molecule has 26 heavy (non-hydrogen) atoms. The maximum atomic E-state index is 13.3. The number of carboxylic acid groups (broad SMARTS) is 1. The van der Waals surface area contributed by atoms with Gasteiger partial charge in [-0.1, -0.05) is 6.07 Å². The Bertz CT molecular complexity index is 1030. The molecular weight excluding hydrogens is 355 g/mol. The second-order valence-electron chi connectivity index (χ2n) is 5.42. The summed E-state index contributed by atoms with van der Waals surface area (Å²) < 4.78 is 40.8. The quantitative estimate of drug-likeness (QED) is 0.658. The number of nitrogens with zero attached hydrogens (tertiary/aromatic N) is 3. The first-order chi connectivity index (χ1) is 12.2. The van der Waals surface area contributed by atoms with E-state index in [1.165, 1.54) is 25.3 Å². The number of hydrogen-bond acceptors (Lipinski definition) is 4. The fraction of sp³-hybridized carbons (Fsp3) is 0.200. The van der Waals surface area contributed by atoms with Crippen molar-refractivity contribution in [1.29, 1.82) is 0 Å². The first-order valence-corrected chi connectivity index (χ1v) is 7.32. The second kappa shape index (κ2) is 6.17. The number of carbonyl (C=O) groups is 1. The van der Waals surface area contributed by atoms with Gasteiger partial charge >= 0.3 is 12.3 Å². The number of benzene rings is 1. The molecule has 3 rings (SSSR count). The Kier molecular flexibility index (Phi) is 4.14. The Morgan fingerprint density at radius 3 is 2.65 bits per heavy atom. The zero-order valence-corrected chi connectivity index (χ0v) is 13.2. The highest BCUT2D eigenvalue weighted by Crippen LogP contribution is 2.33. The van der Waals surface area contributed by atoms with E-state index in [-0.39, 0.29) is 17.2 Å². The molecule has 0 aliphatic rings. The Balaban J connectivity index is 2.40. The number of fused-ring (bicyclic) bond motifs is 1. The van der Waals surface area contributed by atoms with Crippen LogP contribution in [0.15, 0.2) is 35.3 Å². The smallest absolute Gasteiger partial charge is 0.417 e. The minimum Gasteiger partial charge on any atom is -0.465 e. The number of alkyl halides is 3. The fourth-order valence-electron chi connectivity index (χ4n) is 2.63. The zero-order valence-electron chi connectivity index (χ0n) is 13.2. The number of rotatable bonds is 3. The van der Waals surface area contributed by atoms with E-state index in [4.69, 9.17) is 5.11 Å². The van der Waals surface area contributed by atoms with Crippen molar-refractivity contribution in [2.24, 2.45) is 0 Å². The summed E-state index contributed by atoms with van der Waals surface area (Å²) >= 11 is 0. The molecule has 11 heteroatoms. The minimum atomic E-state index is -4.75. The summed E-state index contributed by atoms with van der Waals surface area (Å²) in [6.45, 7) is 1.42. The van der Waals surface area contributed by atoms with Crippen molar-refractivity contribution in [3.8, 4) is 5.82 Å². The third kappa shape index (κ3) is 2.98.